The lowest BCUT2D eigenvalue weighted by molar-refractivity contribution is 0.384. The molecule has 1 aromatic carbocycles. The molecule has 1 aromatic heterocycles. The molecule has 0 fully saturated rings. The second-order valence-corrected chi connectivity index (χ2v) is 5.45. The van der Waals surface area contributed by atoms with E-state index in [-0.39, 0.29) is 5.54 Å². The lowest BCUT2D eigenvalue weighted by atomic mass is 10.1. The Hall–Kier alpha value is -1.64. The van der Waals surface area contributed by atoms with Gasteiger partial charge in [-0.05, 0) is 33.3 Å². The fourth-order valence-electron chi connectivity index (χ4n) is 1.94. The fraction of sp³-hybridized carbons (Fsp3) is 0.429. The van der Waals surface area contributed by atoms with Gasteiger partial charge in [0, 0.05) is 12.0 Å². The summed E-state index contributed by atoms with van der Waals surface area (Å²) in [6.07, 6.45) is 2.64. The Balaban J connectivity index is 2.28. The number of aromatic nitrogens is 3. The number of hydrogen-bond donors (Lipinski definition) is 0. The minimum absolute atomic E-state index is 0.0304. The molecule has 90 valence electrons. The molecular weight excluding hydrogens is 210 g/mol. The molecule has 0 aliphatic carbocycles. The highest BCUT2D eigenvalue weighted by Crippen LogP contribution is 2.17. The van der Waals surface area contributed by atoms with E-state index in [0.29, 0.717) is 0 Å². The van der Waals surface area contributed by atoms with Crippen LogP contribution in [0.1, 0.15) is 37.7 Å². The minimum atomic E-state index is 0.0304. The Bertz CT molecular complexity index is 506. The van der Waals surface area contributed by atoms with Crippen LogP contribution >= 0.6 is 0 Å². The van der Waals surface area contributed by atoms with Crippen molar-refractivity contribution in [2.24, 2.45) is 0 Å². The summed E-state index contributed by atoms with van der Waals surface area (Å²) < 4.78 is 2.13. The summed E-state index contributed by atoms with van der Waals surface area (Å²) in [7, 11) is 0. The molecule has 0 radical (unpaired) electrons. The van der Waals surface area contributed by atoms with Crippen molar-refractivity contribution in [3.8, 4) is 0 Å². The van der Waals surface area contributed by atoms with Gasteiger partial charge in [0.2, 0.25) is 0 Å². The first-order chi connectivity index (χ1) is 7.97. The van der Waals surface area contributed by atoms with Crippen molar-refractivity contribution in [2.45, 2.75) is 39.7 Å². The van der Waals surface area contributed by atoms with Crippen molar-refractivity contribution in [3.05, 3.63) is 47.5 Å². The highest BCUT2D eigenvalue weighted by Gasteiger charge is 2.17. The average Bonchev–Trinajstić information content (AvgIpc) is 2.65. The maximum Gasteiger partial charge on any atom is 0.137 e. The third-order valence-corrected chi connectivity index (χ3v) is 2.79. The standard InChI is InChI=1S/C14H19N3/c1-11-6-5-7-12(8-11)9-13-16-15-10-17(13)14(2,3)4/h5-8,10H,9H2,1-4H3. The van der Waals surface area contributed by atoms with Crippen molar-refractivity contribution in [1.82, 2.24) is 14.8 Å². The van der Waals surface area contributed by atoms with E-state index in [9.17, 15) is 0 Å². The van der Waals surface area contributed by atoms with Crippen molar-refractivity contribution in [1.29, 1.82) is 0 Å². The monoisotopic (exact) mass is 229 g/mol. The number of hydrogen-bond acceptors (Lipinski definition) is 2. The SMILES string of the molecule is Cc1cccc(Cc2nncn2C(C)(C)C)c1. The van der Waals surface area contributed by atoms with E-state index in [2.05, 4.69) is 66.7 Å². The maximum absolute atomic E-state index is 4.22. The molecule has 0 aliphatic heterocycles. The number of nitrogens with zero attached hydrogens (tertiary/aromatic N) is 3. The van der Waals surface area contributed by atoms with Gasteiger partial charge in [-0.15, -0.1) is 10.2 Å². The molecule has 0 spiro atoms. The molecule has 3 heteroatoms. The molecular formula is C14H19N3. The van der Waals surface area contributed by atoms with Crippen LogP contribution in [0.15, 0.2) is 30.6 Å². The van der Waals surface area contributed by atoms with Gasteiger partial charge in [0.05, 0.1) is 0 Å². The average molecular weight is 229 g/mol. The van der Waals surface area contributed by atoms with Gasteiger partial charge in [0.25, 0.3) is 0 Å². The number of rotatable bonds is 2. The van der Waals surface area contributed by atoms with Gasteiger partial charge in [0.1, 0.15) is 12.2 Å². The van der Waals surface area contributed by atoms with E-state index in [1.807, 2.05) is 6.33 Å². The first-order valence-electron chi connectivity index (χ1n) is 5.92. The molecule has 0 amide bonds. The number of aryl methyl sites for hydroxylation is 1. The predicted octanol–water partition coefficient (Wildman–Crippen LogP) is 2.93. The zero-order chi connectivity index (χ0) is 12.5. The molecule has 0 atom stereocenters. The second kappa shape index (κ2) is 4.32. The van der Waals surface area contributed by atoms with Crippen molar-refractivity contribution >= 4 is 0 Å². The van der Waals surface area contributed by atoms with Crippen molar-refractivity contribution in [2.75, 3.05) is 0 Å². The van der Waals surface area contributed by atoms with Crippen LogP contribution < -0.4 is 0 Å². The molecule has 0 unspecified atom stereocenters. The minimum Gasteiger partial charge on any atom is -0.312 e. The summed E-state index contributed by atoms with van der Waals surface area (Å²) in [5.41, 5.74) is 2.59. The highest BCUT2D eigenvalue weighted by molar-refractivity contribution is 5.24. The first kappa shape index (κ1) is 11.8. The molecule has 0 aliphatic rings. The van der Waals surface area contributed by atoms with Crippen LogP contribution in [0.25, 0.3) is 0 Å². The Kier molecular flexibility index (Phi) is 3.01. The van der Waals surface area contributed by atoms with E-state index in [1.165, 1.54) is 11.1 Å². The van der Waals surface area contributed by atoms with Gasteiger partial charge < -0.3 is 4.57 Å². The topological polar surface area (TPSA) is 30.7 Å². The first-order valence-corrected chi connectivity index (χ1v) is 5.92. The van der Waals surface area contributed by atoms with E-state index in [0.717, 1.165) is 12.2 Å². The van der Waals surface area contributed by atoms with Crippen molar-refractivity contribution < 1.29 is 0 Å². The Labute approximate surface area is 103 Å². The van der Waals surface area contributed by atoms with Gasteiger partial charge in [-0.2, -0.15) is 0 Å². The van der Waals surface area contributed by atoms with Gasteiger partial charge in [-0.3, -0.25) is 0 Å². The van der Waals surface area contributed by atoms with E-state index in [4.69, 9.17) is 0 Å². The van der Waals surface area contributed by atoms with E-state index in [1.54, 1.807) is 0 Å². The zero-order valence-electron chi connectivity index (χ0n) is 10.9. The Morgan fingerprint density at radius 3 is 2.65 bits per heavy atom. The molecule has 1 heterocycles. The Morgan fingerprint density at radius 2 is 2.00 bits per heavy atom. The molecule has 0 saturated carbocycles. The lowest BCUT2D eigenvalue weighted by Gasteiger charge is -2.22. The van der Waals surface area contributed by atoms with Crippen LogP contribution in [0.5, 0.6) is 0 Å². The largest absolute Gasteiger partial charge is 0.312 e. The summed E-state index contributed by atoms with van der Waals surface area (Å²) in [4.78, 5) is 0. The molecule has 0 N–H and O–H groups in total. The molecule has 17 heavy (non-hydrogen) atoms. The quantitative estimate of drug-likeness (QED) is 0.792. The summed E-state index contributed by atoms with van der Waals surface area (Å²) >= 11 is 0. The fourth-order valence-corrected chi connectivity index (χ4v) is 1.94. The predicted molar refractivity (Wildman–Crippen MR) is 69.0 cm³/mol. The van der Waals surface area contributed by atoms with Crippen LogP contribution in [0.3, 0.4) is 0 Å². The van der Waals surface area contributed by atoms with Gasteiger partial charge >= 0.3 is 0 Å². The highest BCUT2D eigenvalue weighted by atomic mass is 15.3. The molecule has 2 aromatic rings. The van der Waals surface area contributed by atoms with Crippen LogP contribution in [0.4, 0.5) is 0 Å². The maximum atomic E-state index is 4.22. The molecule has 0 saturated heterocycles. The number of benzene rings is 1. The molecule has 0 bridgehead atoms. The third-order valence-electron chi connectivity index (χ3n) is 2.79. The van der Waals surface area contributed by atoms with Crippen LogP contribution in [-0.4, -0.2) is 14.8 Å². The summed E-state index contributed by atoms with van der Waals surface area (Å²) in [6.45, 7) is 8.60. The van der Waals surface area contributed by atoms with E-state index >= 15 is 0 Å². The van der Waals surface area contributed by atoms with Gasteiger partial charge in [-0.25, -0.2) is 0 Å². The van der Waals surface area contributed by atoms with E-state index < -0.39 is 0 Å². The van der Waals surface area contributed by atoms with Crippen LogP contribution in [0, 0.1) is 6.92 Å². The zero-order valence-corrected chi connectivity index (χ0v) is 10.9. The molecule has 3 nitrogen and oxygen atoms in total. The van der Waals surface area contributed by atoms with Crippen LogP contribution in [-0.2, 0) is 12.0 Å². The molecule has 2 rings (SSSR count). The van der Waals surface area contributed by atoms with Gasteiger partial charge in [0.15, 0.2) is 0 Å². The Morgan fingerprint density at radius 1 is 1.24 bits per heavy atom. The normalized spacial score (nSPS) is 11.8. The smallest absolute Gasteiger partial charge is 0.137 e. The third kappa shape index (κ3) is 2.73. The van der Waals surface area contributed by atoms with Gasteiger partial charge in [-0.1, -0.05) is 29.8 Å². The summed E-state index contributed by atoms with van der Waals surface area (Å²) in [5.74, 6) is 1.02. The summed E-state index contributed by atoms with van der Waals surface area (Å²) in [5, 5.41) is 8.24. The summed E-state index contributed by atoms with van der Waals surface area (Å²) in [6, 6.07) is 8.52. The lowest BCUT2D eigenvalue weighted by Crippen LogP contribution is -2.23. The van der Waals surface area contributed by atoms with Crippen LogP contribution in [0.2, 0.25) is 0 Å². The second-order valence-electron chi connectivity index (χ2n) is 5.45. The van der Waals surface area contributed by atoms with Crippen molar-refractivity contribution in [3.63, 3.8) is 0 Å².